The summed E-state index contributed by atoms with van der Waals surface area (Å²) in [6.45, 7) is 3.23. The molecule has 0 aliphatic carbocycles. The van der Waals surface area contributed by atoms with Crippen molar-refractivity contribution in [2.24, 2.45) is 0 Å². The number of carbonyl (C=O) groups is 2. The Hall–Kier alpha value is -2.30. The van der Waals surface area contributed by atoms with E-state index < -0.39 is 5.97 Å². The maximum Gasteiger partial charge on any atom is 0.340 e. The quantitative estimate of drug-likeness (QED) is 0.376. The van der Waals surface area contributed by atoms with Gasteiger partial charge in [-0.25, -0.2) is 4.79 Å². The number of carbonyl (C=O) groups excluding carboxylic acids is 1. The summed E-state index contributed by atoms with van der Waals surface area (Å²) in [5.41, 5.74) is 1.50. The van der Waals surface area contributed by atoms with Crippen molar-refractivity contribution in [1.82, 2.24) is 4.57 Å². The maximum absolute atomic E-state index is 12.5. The minimum atomic E-state index is -0.805. The van der Waals surface area contributed by atoms with Gasteiger partial charge in [-0.2, -0.15) is 0 Å². The number of unbranched alkanes of at least 4 members (excludes halogenated alkanes) is 6. The second kappa shape index (κ2) is 11.4. The Morgan fingerprint density at radius 1 is 1.00 bits per heavy atom. The lowest BCUT2D eigenvalue weighted by Crippen LogP contribution is -2.06. The molecular formula is C22H31NO4. The first-order chi connectivity index (χ1) is 13.1. The van der Waals surface area contributed by atoms with E-state index in [4.69, 9.17) is 9.84 Å². The summed E-state index contributed by atoms with van der Waals surface area (Å²) in [6, 6.07) is 7.68. The lowest BCUT2D eigenvalue weighted by atomic mass is 10.1. The molecule has 0 aliphatic heterocycles. The number of para-hydroxylation sites is 1. The molecule has 0 aliphatic rings. The molecule has 1 aromatic heterocycles. The van der Waals surface area contributed by atoms with E-state index in [1.54, 1.807) is 6.20 Å². The average Bonchev–Trinajstić information content (AvgIpc) is 3.02. The lowest BCUT2D eigenvalue weighted by Gasteiger charge is -2.04. The Balaban J connectivity index is 1.87. The third-order valence-electron chi connectivity index (χ3n) is 4.78. The molecule has 2 rings (SSSR count). The van der Waals surface area contributed by atoms with Gasteiger partial charge in [0.25, 0.3) is 0 Å². The largest absolute Gasteiger partial charge is 0.481 e. The fraction of sp³-hybridized carbons (Fsp3) is 0.545. The number of aromatic nitrogens is 1. The number of aryl methyl sites for hydroxylation is 1. The number of carboxylic acid groups (broad SMARTS) is 1. The lowest BCUT2D eigenvalue weighted by molar-refractivity contribution is -0.137. The Morgan fingerprint density at radius 2 is 1.70 bits per heavy atom. The van der Waals surface area contributed by atoms with Crippen molar-refractivity contribution in [1.29, 1.82) is 0 Å². The first kappa shape index (κ1) is 21.0. The highest BCUT2D eigenvalue weighted by Crippen LogP contribution is 2.23. The van der Waals surface area contributed by atoms with E-state index in [1.165, 1.54) is 32.1 Å². The van der Waals surface area contributed by atoms with Crippen LogP contribution in [0.25, 0.3) is 10.9 Å². The summed E-state index contributed by atoms with van der Waals surface area (Å²) >= 11 is 0. The number of carboxylic acids is 1. The molecule has 5 heteroatoms. The molecule has 5 nitrogen and oxygen atoms in total. The van der Waals surface area contributed by atoms with Crippen LogP contribution >= 0.6 is 0 Å². The topological polar surface area (TPSA) is 68.5 Å². The summed E-state index contributed by atoms with van der Waals surface area (Å²) < 4.78 is 7.42. The molecule has 148 valence electrons. The molecule has 0 radical (unpaired) electrons. The number of benzene rings is 1. The van der Waals surface area contributed by atoms with Crippen molar-refractivity contribution in [3.05, 3.63) is 36.0 Å². The van der Waals surface area contributed by atoms with Crippen LogP contribution in [-0.2, 0) is 16.1 Å². The van der Waals surface area contributed by atoms with Gasteiger partial charge in [0.1, 0.15) is 0 Å². The van der Waals surface area contributed by atoms with Crippen LogP contribution in [0.2, 0.25) is 0 Å². The molecule has 0 unspecified atom stereocenters. The van der Waals surface area contributed by atoms with Gasteiger partial charge in [-0.05, 0) is 18.9 Å². The fourth-order valence-corrected chi connectivity index (χ4v) is 3.30. The highest BCUT2D eigenvalue weighted by molar-refractivity contribution is 6.04. The van der Waals surface area contributed by atoms with Crippen LogP contribution in [0.4, 0.5) is 0 Å². The summed E-state index contributed by atoms with van der Waals surface area (Å²) in [7, 11) is 0. The van der Waals surface area contributed by atoms with Crippen molar-refractivity contribution in [2.45, 2.75) is 71.3 Å². The molecule has 0 saturated heterocycles. The SMILES string of the molecule is CCCCCCCCCOC(=O)c1cn(CCCC(=O)O)c2ccccc12. The zero-order chi connectivity index (χ0) is 19.5. The Kier molecular flexibility index (Phi) is 8.89. The van der Waals surface area contributed by atoms with Crippen molar-refractivity contribution in [3.63, 3.8) is 0 Å². The highest BCUT2D eigenvalue weighted by atomic mass is 16.5. The van der Waals surface area contributed by atoms with Crippen LogP contribution in [0, 0.1) is 0 Å². The van der Waals surface area contributed by atoms with Crippen LogP contribution in [0.3, 0.4) is 0 Å². The van der Waals surface area contributed by atoms with Gasteiger partial charge in [0.05, 0.1) is 12.2 Å². The summed E-state index contributed by atoms with van der Waals surface area (Å²) in [4.78, 5) is 23.2. The number of hydrogen-bond acceptors (Lipinski definition) is 3. The van der Waals surface area contributed by atoms with Gasteiger partial charge in [0.15, 0.2) is 0 Å². The van der Waals surface area contributed by atoms with E-state index in [9.17, 15) is 9.59 Å². The van der Waals surface area contributed by atoms with Crippen LogP contribution in [0.5, 0.6) is 0 Å². The molecular weight excluding hydrogens is 342 g/mol. The molecule has 0 bridgehead atoms. The third-order valence-corrected chi connectivity index (χ3v) is 4.78. The zero-order valence-electron chi connectivity index (χ0n) is 16.3. The zero-order valence-corrected chi connectivity index (χ0v) is 16.3. The number of fused-ring (bicyclic) bond motifs is 1. The first-order valence-electron chi connectivity index (χ1n) is 10.1. The molecule has 0 spiro atoms. The van der Waals surface area contributed by atoms with Crippen LogP contribution in [0.15, 0.2) is 30.5 Å². The van der Waals surface area contributed by atoms with E-state index in [0.29, 0.717) is 25.1 Å². The van der Waals surface area contributed by atoms with Crippen molar-refractivity contribution >= 4 is 22.8 Å². The van der Waals surface area contributed by atoms with E-state index in [-0.39, 0.29) is 12.4 Å². The fourth-order valence-electron chi connectivity index (χ4n) is 3.30. The van der Waals surface area contributed by atoms with Gasteiger partial charge in [-0.3, -0.25) is 4.79 Å². The monoisotopic (exact) mass is 373 g/mol. The number of rotatable bonds is 13. The molecule has 0 fully saturated rings. The second-order valence-electron chi connectivity index (χ2n) is 7.01. The van der Waals surface area contributed by atoms with E-state index >= 15 is 0 Å². The maximum atomic E-state index is 12.5. The van der Waals surface area contributed by atoms with E-state index in [0.717, 1.165) is 23.7 Å². The second-order valence-corrected chi connectivity index (χ2v) is 7.01. The summed E-state index contributed by atoms with van der Waals surface area (Å²) in [6.07, 6.45) is 10.7. The first-order valence-corrected chi connectivity index (χ1v) is 10.1. The van der Waals surface area contributed by atoms with Crippen LogP contribution < -0.4 is 0 Å². The highest BCUT2D eigenvalue weighted by Gasteiger charge is 2.16. The number of aliphatic carboxylic acids is 1. The smallest absolute Gasteiger partial charge is 0.340 e. The Bertz CT molecular complexity index is 735. The molecule has 0 atom stereocenters. The van der Waals surface area contributed by atoms with E-state index in [2.05, 4.69) is 6.92 Å². The predicted octanol–water partition coefficient (Wildman–Crippen LogP) is 5.41. The summed E-state index contributed by atoms with van der Waals surface area (Å²) in [5.74, 6) is -1.10. The number of nitrogens with zero attached hydrogens (tertiary/aromatic N) is 1. The van der Waals surface area contributed by atoms with Crippen molar-refractivity contribution in [2.75, 3.05) is 6.61 Å². The average molecular weight is 373 g/mol. The molecule has 0 saturated carbocycles. The van der Waals surface area contributed by atoms with Crippen LogP contribution in [0.1, 0.15) is 75.1 Å². The molecule has 0 amide bonds. The van der Waals surface area contributed by atoms with Gasteiger partial charge in [-0.1, -0.05) is 63.6 Å². The van der Waals surface area contributed by atoms with Gasteiger partial charge in [0, 0.05) is 30.1 Å². The standard InChI is InChI=1S/C22H31NO4/c1-2-3-4-5-6-7-10-16-27-22(26)19-17-23(15-11-14-21(24)25)20-13-9-8-12-18(19)20/h8-9,12-13,17H,2-7,10-11,14-16H2,1H3,(H,24,25). The summed E-state index contributed by atoms with van der Waals surface area (Å²) in [5, 5.41) is 9.67. The van der Waals surface area contributed by atoms with Crippen molar-refractivity contribution in [3.8, 4) is 0 Å². The van der Waals surface area contributed by atoms with Gasteiger partial charge in [0.2, 0.25) is 0 Å². The Labute approximate surface area is 161 Å². The number of hydrogen-bond donors (Lipinski definition) is 1. The van der Waals surface area contributed by atoms with Gasteiger partial charge >= 0.3 is 11.9 Å². The van der Waals surface area contributed by atoms with E-state index in [1.807, 2.05) is 28.8 Å². The van der Waals surface area contributed by atoms with Crippen molar-refractivity contribution < 1.29 is 19.4 Å². The van der Waals surface area contributed by atoms with Crippen LogP contribution in [-0.4, -0.2) is 28.2 Å². The number of ether oxygens (including phenoxy) is 1. The van der Waals surface area contributed by atoms with Gasteiger partial charge in [-0.15, -0.1) is 0 Å². The molecule has 1 heterocycles. The number of esters is 1. The molecule has 1 aromatic carbocycles. The minimum absolute atomic E-state index is 0.116. The molecule has 2 aromatic rings. The van der Waals surface area contributed by atoms with Gasteiger partial charge < -0.3 is 14.4 Å². The minimum Gasteiger partial charge on any atom is -0.481 e. The predicted molar refractivity (Wildman–Crippen MR) is 107 cm³/mol. The normalized spacial score (nSPS) is 11.0. The molecule has 27 heavy (non-hydrogen) atoms. The Morgan fingerprint density at radius 3 is 2.44 bits per heavy atom. The third kappa shape index (κ3) is 6.74. The molecule has 1 N–H and O–H groups in total.